The van der Waals surface area contributed by atoms with E-state index in [1.54, 1.807) is 24.3 Å². The maximum atomic E-state index is 11.0. The third-order valence-electron chi connectivity index (χ3n) is 7.04. The van der Waals surface area contributed by atoms with Gasteiger partial charge in [-0.05, 0) is 61.1 Å². The van der Waals surface area contributed by atoms with Crippen LogP contribution >= 0.6 is 0 Å². The van der Waals surface area contributed by atoms with Gasteiger partial charge in [0.05, 0.1) is 0 Å². The molecule has 0 unspecified atom stereocenters. The summed E-state index contributed by atoms with van der Waals surface area (Å²) in [6.07, 6.45) is 1.63. The number of anilines is 2. The lowest BCUT2D eigenvalue weighted by Crippen LogP contribution is -2.36. The Kier molecular flexibility index (Phi) is 14.8. The SMILES string of the molecule is CC[C@H](C)[C@H](N)C(=O)O.CC[C@H](C)[C@H](N)C(=O)O.Cc1cc(=O)oc2cc(N)ccc12.Cc1cc(=O)oc2cc(N)ccc12. The van der Waals surface area contributed by atoms with E-state index < -0.39 is 24.0 Å². The van der Waals surface area contributed by atoms with Crippen LogP contribution in [-0.2, 0) is 9.59 Å². The van der Waals surface area contributed by atoms with Crippen molar-refractivity contribution in [3.63, 3.8) is 0 Å². The lowest BCUT2D eigenvalue weighted by atomic mass is 10.0. The Balaban J connectivity index is 0.000000299. The molecule has 0 saturated heterocycles. The second-order valence-electron chi connectivity index (χ2n) is 10.5. The van der Waals surface area contributed by atoms with Crippen LogP contribution in [0.25, 0.3) is 21.9 Å². The van der Waals surface area contributed by atoms with Gasteiger partial charge in [-0.3, -0.25) is 9.59 Å². The van der Waals surface area contributed by atoms with Gasteiger partial charge in [0.2, 0.25) is 0 Å². The Morgan fingerprint density at radius 3 is 1.25 bits per heavy atom. The van der Waals surface area contributed by atoms with Gasteiger partial charge in [-0.15, -0.1) is 0 Å². The normalized spacial score (nSPS) is 13.1. The van der Waals surface area contributed by atoms with Crippen molar-refractivity contribution < 1.29 is 28.6 Å². The van der Waals surface area contributed by atoms with Crippen LogP contribution in [0.4, 0.5) is 11.4 Å². The van der Waals surface area contributed by atoms with Crippen LogP contribution in [0.15, 0.2) is 67.0 Å². The molecule has 4 rings (SSSR count). The molecule has 4 aromatic rings. The topological polar surface area (TPSA) is 239 Å². The summed E-state index contributed by atoms with van der Waals surface area (Å²) in [5.74, 6) is -1.68. The number of nitrogen functional groups attached to an aromatic ring is 2. The molecule has 0 amide bonds. The summed E-state index contributed by atoms with van der Waals surface area (Å²) < 4.78 is 9.98. The highest BCUT2D eigenvalue weighted by Crippen LogP contribution is 2.19. The standard InChI is InChI=1S/2C10H9NO2.2C6H13NO2/c2*1-6-4-10(12)13-9-5-7(11)2-3-8(6)9;2*1-3-4(2)5(7)6(8)9/h2*2-5H,11H2,1H3;2*4-5H,3,7H2,1-2H3,(H,8,9)/t;;2*4-,5-/m..00/s1. The van der Waals surface area contributed by atoms with Crippen LogP contribution in [0.3, 0.4) is 0 Å². The van der Waals surface area contributed by atoms with Crippen LogP contribution in [0.5, 0.6) is 0 Å². The number of aliphatic carboxylic acids is 2. The van der Waals surface area contributed by atoms with Gasteiger partial charge >= 0.3 is 23.2 Å². The number of benzene rings is 2. The van der Waals surface area contributed by atoms with Crippen LogP contribution in [0.2, 0.25) is 0 Å². The van der Waals surface area contributed by atoms with Gasteiger partial charge in [-0.1, -0.05) is 40.5 Å². The fourth-order valence-electron chi connectivity index (χ4n) is 3.68. The second kappa shape index (κ2) is 17.4. The summed E-state index contributed by atoms with van der Waals surface area (Å²) in [5.41, 5.74) is 25.1. The first-order valence-electron chi connectivity index (χ1n) is 14.1. The molecule has 0 aliphatic rings. The molecule has 0 aliphatic carbocycles. The van der Waals surface area contributed by atoms with E-state index in [0.717, 1.165) is 34.7 Å². The Labute approximate surface area is 255 Å². The monoisotopic (exact) mass is 612 g/mol. The van der Waals surface area contributed by atoms with Crippen molar-refractivity contribution in [2.75, 3.05) is 11.5 Å². The molecule has 4 atom stereocenters. The maximum absolute atomic E-state index is 11.0. The third kappa shape index (κ3) is 11.5. The maximum Gasteiger partial charge on any atom is 0.336 e. The number of nitrogens with two attached hydrogens (primary N) is 4. The van der Waals surface area contributed by atoms with Gasteiger partial charge < -0.3 is 42.0 Å². The van der Waals surface area contributed by atoms with E-state index in [4.69, 9.17) is 42.0 Å². The van der Waals surface area contributed by atoms with Crippen molar-refractivity contribution in [1.82, 2.24) is 0 Å². The Morgan fingerprint density at radius 2 is 1.00 bits per heavy atom. The summed E-state index contributed by atoms with van der Waals surface area (Å²) in [5, 5.41) is 18.6. The minimum absolute atomic E-state index is 0.0718. The number of carbonyl (C=O) groups is 2. The zero-order valence-electron chi connectivity index (χ0n) is 26.0. The summed E-state index contributed by atoms with van der Waals surface area (Å²) in [7, 11) is 0. The molecule has 2 aromatic carbocycles. The van der Waals surface area contributed by atoms with Crippen molar-refractivity contribution in [1.29, 1.82) is 0 Å². The number of hydrogen-bond donors (Lipinski definition) is 6. The molecule has 240 valence electrons. The largest absolute Gasteiger partial charge is 0.480 e. The van der Waals surface area contributed by atoms with Gasteiger partial charge in [0.25, 0.3) is 0 Å². The highest BCUT2D eigenvalue weighted by Gasteiger charge is 2.18. The average molecular weight is 613 g/mol. The molecule has 0 saturated carbocycles. The van der Waals surface area contributed by atoms with E-state index in [2.05, 4.69) is 0 Å². The molecule has 12 heteroatoms. The van der Waals surface area contributed by atoms with E-state index in [1.165, 1.54) is 12.1 Å². The molecule has 0 spiro atoms. The Hall–Kier alpha value is -4.68. The molecule has 10 N–H and O–H groups in total. The van der Waals surface area contributed by atoms with Gasteiger partial charge in [-0.2, -0.15) is 0 Å². The zero-order valence-corrected chi connectivity index (χ0v) is 26.0. The molecule has 44 heavy (non-hydrogen) atoms. The highest BCUT2D eigenvalue weighted by molar-refractivity contribution is 5.83. The van der Waals surface area contributed by atoms with Gasteiger partial charge in [0, 0.05) is 46.4 Å². The van der Waals surface area contributed by atoms with E-state index in [9.17, 15) is 19.2 Å². The van der Waals surface area contributed by atoms with Crippen molar-refractivity contribution in [2.24, 2.45) is 23.3 Å². The van der Waals surface area contributed by atoms with Crippen LogP contribution in [-0.4, -0.2) is 34.2 Å². The van der Waals surface area contributed by atoms with E-state index in [0.29, 0.717) is 22.5 Å². The molecule has 0 aliphatic heterocycles. The second-order valence-corrected chi connectivity index (χ2v) is 10.5. The summed E-state index contributed by atoms with van der Waals surface area (Å²) >= 11 is 0. The predicted molar refractivity (Wildman–Crippen MR) is 173 cm³/mol. The quantitative estimate of drug-likeness (QED) is 0.132. The van der Waals surface area contributed by atoms with E-state index in [1.807, 2.05) is 53.7 Å². The molecule has 0 fully saturated rings. The lowest BCUT2D eigenvalue weighted by molar-refractivity contribution is -0.140. The fraction of sp³-hybridized carbons (Fsp3) is 0.375. The first kappa shape index (κ1) is 37.3. The average Bonchev–Trinajstić information content (AvgIpc) is 2.95. The first-order valence-corrected chi connectivity index (χ1v) is 14.1. The smallest absolute Gasteiger partial charge is 0.336 e. The molecular formula is C32H44N4O8. The Morgan fingerprint density at radius 1 is 0.682 bits per heavy atom. The molecule has 2 aromatic heterocycles. The molecule has 12 nitrogen and oxygen atoms in total. The number of hydrogen-bond acceptors (Lipinski definition) is 10. The van der Waals surface area contributed by atoms with E-state index in [-0.39, 0.29) is 23.1 Å². The molecular weight excluding hydrogens is 568 g/mol. The van der Waals surface area contributed by atoms with Gasteiger partial charge in [-0.25, -0.2) is 9.59 Å². The van der Waals surface area contributed by atoms with Crippen molar-refractivity contribution in [3.05, 3.63) is 80.5 Å². The highest BCUT2D eigenvalue weighted by atomic mass is 16.4. The molecule has 0 bridgehead atoms. The van der Waals surface area contributed by atoms with Gasteiger partial charge in [0.1, 0.15) is 23.2 Å². The summed E-state index contributed by atoms with van der Waals surface area (Å²) in [6, 6.07) is 12.1. The first-order chi connectivity index (χ1) is 20.5. The summed E-state index contributed by atoms with van der Waals surface area (Å²) in [6.45, 7) is 11.3. The number of fused-ring (bicyclic) bond motifs is 2. The third-order valence-corrected chi connectivity index (χ3v) is 7.04. The lowest BCUT2D eigenvalue weighted by Gasteiger charge is -2.11. The van der Waals surface area contributed by atoms with Gasteiger partial charge in [0.15, 0.2) is 0 Å². The minimum Gasteiger partial charge on any atom is -0.480 e. The predicted octanol–water partition coefficient (Wildman–Crippen LogP) is 4.26. The van der Waals surface area contributed by atoms with E-state index >= 15 is 0 Å². The van der Waals surface area contributed by atoms with Crippen molar-refractivity contribution in [3.8, 4) is 0 Å². The number of carboxylic acid groups (broad SMARTS) is 2. The molecule has 2 heterocycles. The zero-order chi connectivity index (χ0) is 33.7. The fourth-order valence-corrected chi connectivity index (χ4v) is 3.68. The Bertz CT molecular complexity index is 1540. The number of carboxylic acids is 2. The molecule has 0 radical (unpaired) electrons. The number of rotatable bonds is 6. The number of aryl methyl sites for hydroxylation is 2. The van der Waals surface area contributed by atoms with Crippen LogP contribution < -0.4 is 34.2 Å². The van der Waals surface area contributed by atoms with Crippen LogP contribution in [0.1, 0.15) is 51.7 Å². The van der Waals surface area contributed by atoms with Crippen molar-refractivity contribution >= 4 is 45.3 Å². The van der Waals surface area contributed by atoms with Crippen LogP contribution in [0, 0.1) is 25.7 Å². The van der Waals surface area contributed by atoms with Crippen molar-refractivity contribution in [2.45, 2.75) is 66.5 Å². The minimum atomic E-state index is -0.913. The summed E-state index contributed by atoms with van der Waals surface area (Å²) in [4.78, 5) is 42.4.